The monoisotopic (exact) mass is 368 g/mol. The van der Waals surface area contributed by atoms with Crippen LogP contribution >= 0.6 is 11.3 Å². The van der Waals surface area contributed by atoms with Gasteiger partial charge in [0.1, 0.15) is 0 Å². The number of nitrogens with zero attached hydrogens (tertiary/aromatic N) is 2. The number of amides is 2. The molecule has 0 bridgehead atoms. The van der Waals surface area contributed by atoms with Crippen molar-refractivity contribution in [2.45, 2.75) is 26.2 Å². The number of thiophene rings is 1. The molecule has 0 N–H and O–H groups in total. The maximum atomic E-state index is 12.9. The van der Waals surface area contributed by atoms with E-state index in [-0.39, 0.29) is 11.8 Å². The molecule has 0 saturated carbocycles. The number of hydrogen-bond donors (Lipinski definition) is 0. The molecule has 1 fully saturated rings. The van der Waals surface area contributed by atoms with E-state index in [9.17, 15) is 9.59 Å². The van der Waals surface area contributed by atoms with E-state index in [2.05, 4.69) is 13.0 Å². The second kappa shape index (κ2) is 7.23. The standard InChI is InChI=1S/C21H24N2O2S/c1-15-7-8-18-17(13-15)14-19(26-18)21(25)23-11-9-22(10-12-23)20(24)16-5-3-2-4-6-16/h2-6,14-15H,7-13H2,1H3. The van der Waals surface area contributed by atoms with E-state index in [1.54, 1.807) is 11.3 Å². The largest absolute Gasteiger partial charge is 0.335 e. The van der Waals surface area contributed by atoms with E-state index >= 15 is 0 Å². The minimum atomic E-state index is 0.0540. The van der Waals surface area contributed by atoms with Gasteiger partial charge in [-0.1, -0.05) is 25.1 Å². The quantitative estimate of drug-likeness (QED) is 0.814. The maximum Gasteiger partial charge on any atom is 0.264 e. The molecule has 1 unspecified atom stereocenters. The second-order valence-corrected chi connectivity index (χ2v) is 8.49. The van der Waals surface area contributed by atoms with Crippen LogP contribution < -0.4 is 0 Å². The highest BCUT2D eigenvalue weighted by atomic mass is 32.1. The highest BCUT2D eigenvalue weighted by molar-refractivity contribution is 7.14. The van der Waals surface area contributed by atoms with Gasteiger partial charge in [-0.05, 0) is 48.9 Å². The van der Waals surface area contributed by atoms with E-state index in [0.717, 1.165) is 17.7 Å². The van der Waals surface area contributed by atoms with Crippen molar-refractivity contribution in [1.82, 2.24) is 9.80 Å². The molecule has 1 aliphatic carbocycles. The van der Waals surface area contributed by atoms with Crippen LogP contribution in [0.25, 0.3) is 0 Å². The summed E-state index contributed by atoms with van der Waals surface area (Å²) in [7, 11) is 0. The Balaban J connectivity index is 1.39. The minimum absolute atomic E-state index is 0.0540. The molecule has 2 heterocycles. The van der Waals surface area contributed by atoms with Gasteiger partial charge in [0.2, 0.25) is 0 Å². The molecule has 136 valence electrons. The van der Waals surface area contributed by atoms with Crippen LogP contribution in [0.3, 0.4) is 0 Å². The summed E-state index contributed by atoms with van der Waals surface area (Å²) in [6, 6.07) is 11.5. The molecule has 1 saturated heterocycles. The van der Waals surface area contributed by atoms with Crippen molar-refractivity contribution in [3.05, 3.63) is 57.3 Å². The lowest BCUT2D eigenvalue weighted by atomic mass is 9.90. The smallest absolute Gasteiger partial charge is 0.264 e. The van der Waals surface area contributed by atoms with Gasteiger partial charge >= 0.3 is 0 Å². The van der Waals surface area contributed by atoms with Gasteiger partial charge in [0.25, 0.3) is 11.8 Å². The van der Waals surface area contributed by atoms with Crippen LogP contribution in [0.15, 0.2) is 36.4 Å². The average Bonchev–Trinajstić information content (AvgIpc) is 3.11. The number of carbonyl (C=O) groups is 2. The first-order chi connectivity index (χ1) is 12.6. The van der Waals surface area contributed by atoms with Crippen LogP contribution in [0.4, 0.5) is 0 Å². The van der Waals surface area contributed by atoms with Gasteiger partial charge in [0, 0.05) is 36.6 Å². The minimum Gasteiger partial charge on any atom is -0.335 e. The number of rotatable bonds is 2. The van der Waals surface area contributed by atoms with Crippen molar-refractivity contribution < 1.29 is 9.59 Å². The summed E-state index contributed by atoms with van der Waals surface area (Å²) in [6.07, 6.45) is 3.42. The molecular weight excluding hydrogens is 344 g/mol. The highest BCUT2D eigenvalue weighted by Gasteiger charge is 2.28. The molecule has 4 nitrogen and oxygen atoms in total. The Kier molecular flexibility index (Phi) is 4.81. The zero-order valence-electron chi connectivity index (χ0n) is 15.1. The van der Waals surface area contributed by atoms with Crippen LogP contribution in [0.2, 0.25) is 0 Å². The molecular formula is C21H24N2O2S. The van der Waals surface area contributed by atoms with Crippen LogP contribution in [0, 0.1) is 5.92 Å². The third kappa shape index (κ3) is 3.40. The zero-order chi connectivity index (χ0) is 18.1. The van der Waals surface area contributed by atoms with Crippen molar-refractivity contribution in [2.24, 2.45) is 5.92 Å². The number of aryl methyl sites for hydroxylation is 1. The fourth-order valence-corrected chi connectivity index (χ4v) is 5.02. The van der Waals surface area contributed by atoms with Crippen molar-refractivity contribution in [3.8, 4) is 0 Å². The number of benzene rings is 1. The predicted octanol–water partition coefficient (Wildman–Crippen LogP) is 3.47. The Hall–Kier alpha value is -2.14. The van der Waals surface area contributed by atoms with Crippen LogP contribution in [-0.2, 0) is 12.8 Å². The highest BCUT2D eigenvalue weighted by Crippen LogP contribution is 2.32. The maximum absolute atomic E-state index is 12.9. The van der Waals surface area contributed by atoms with Gasteiger partial charge in [-0.15, -0.1) is 11.3 Å². The Morgan fingerprint density at radius 3 is 2.35 bits per heavy atom. The first-order valence-electron chi connectivity index (χ1n) is 9.37. The van der Waals surface area contributed by atoms with E-state index in [1.807, 2.05) is 40.1 Å². The molecule has 1 aromatic heterocycles. The molecule has 2 amide bonds. The summed E-state index contributed by atoms with van der Waals surface area (Å²) in [5.74, 6) is 0.898. The first kappa shape index (κ1) is 17.3. The van der Waals surface area contributed by atoms with Gasteiger partial charge in [-0.2, -0.15) is 0 Å². The fraction of sp³-hybridized carbons (Fsp3) is 0.429. The van der Waals surface area contributed by atoms with Gasteiger partial charge in [-0.3, -0.25) is 9.59 Å². The Bertz CT molecular complexity index is 807. The van der Waals surface area contributed by atoms with E-state index in [4.69, 9.17) is 0 Å². The molecule has 2 aromatic rings. The van der Waals surface area contributed by atoms with Crippen molar-refractivity contribution in [2.75, 3.05) is 26.2 Å². The van der Waals surface area contributed by atoms with E-state index < -0.39 is 0 Å². The molecule has 5 heteroatoms. The lowest BCUT2D eigenvalue weighted by molar-refractivity contribution is 0.0538. The number of carbonyl (C=O) groups excluding carboxylic acids is 2. The predicted molar refractivity (Wildman–Crippen MR) is 104 cm³/mol. The van der Waals surface area contributed by atoms with Crippen molar-refractivity contribution in [3.63, 3.8) is 0 Å². The van der Waals surface area contributed by atoms with Crippen molar-refractivity contribution >= 4 is 23.2 Å². The third-order valence-corrected chi connectivity index (χ3v) is 6.64. The van der Waals surface area contributed by atoms with Crippen LogP contribution in [-0.4, -0.2) is 47.8 Å². The summed E-state index contributed by atoms with van der Waals surface area (Å²) in [4.78, 5) is 31.4. The van der Waals surface area contributed by atoms with Gasteiger partial charge in [0.15, 0.2) is 0 Å². The topological polar surface area (TPSA) is 40.6 Å². The Morgan fingerprint density at radius 1 is 1.00 bits per heavy atom. The number of hydrogen-bond acceptors (Lipinski definition) is 3. The molecule has 4 rings (SSSR count). The van der Waals surface area contributed by atoms with Crippen LogP contribution in [0.1, 0.15) is 43.8 Å². The molecule has 0 spiro atoms. The summed E-state index contributed by atoms with van der Waals surface area (Å²) in [5.41, 5.74) is 2.09. The molecule has 1 aromatic carbocycles. The van der Waals surface area contributed by atoms with Crippen molar-refractivity contribution in [1.29, 1.82) is 0 Å². The number of piperazine rings is 1. The van der Waals surface area contributed by atoms with Gasteiger partial charge < -0.3 is 9.80 Å². The van der Waals surface area contributed by atoms with Gasteiger partial charge in [-0.25, -0.2) is 0 Å². The molecule has 2 aliphatic rings. The number of fused-ring (bicyclic) bond motifs is 1. The summed E-state index contributed by atoms with van der Waals surface area (Å²) in [6.45, 7) is 4.70. The van der Waals surface area contributed by atoms with E-state index in [1.165, 1.54) is 16.9 Å². The lowest BCUT2D eigenvalue weighted by Crippen LogP contribution is -2.50. The lowest BCUT2D eigenvalue weighted by Gasteiger charge is -2.34. The first-order valence-corrected chi connectivity index (χ1v) is 10.2. The second-order valence-electron chi connectivity index (χ2n) is 7.36. The van der Waals surface area contributed by atoms with Gasteiger partial charge in [0.05, 0.1) is 4.88 Å². The molecule has 1 atom stereocenters. The Labute approximate surface area is 158 Å². The SMILES string of the molecule is CC1CCc2sc(C(=O)N3CCN(C(=O)c4ccccc4)CC3)cc2C1. The zero-order valence-corrected chi connectivity index (χ0v) is 15.9. The summed E-state index contributed by atoms with van der Waals surface area (Å²) in [5, 5.41) is 0. The molecule has 26 heavy (non-hydrogen) atoms. The summed E-state index contributed by atoms with van der Waals surface area (Å²) >= 11 is 1.67. The summed E-state index contributed by atoms with van der Waals surface area (Å²) < 4.78 is 0. The molecule has 0 radical (unpaired) electrons. The average molecular weight is 369 g/mol. The van der Waals surface area contributed by atoms with E-state index in [0.29, 0.717) is 37.7 Å². The van der Waals surface area contributed by atoms with Crippen LogP contribution in [0.5, 0.6) is 0 Å². The third-order valence-electron chi connectivity index (χ3n) is 5.41. The normalized spacial score (nSPS) is 20.0. The Morgan fingerprint density at radius 2 is 1.65 bits per heavy atom. The fourth-order valence-electron chi connectivity index (χ4n) is 3.84. The molecule has 1 aliphatic heterocycles.